The van der Waals surface area contributed by atoms with Gasteiger partial charge in [0, 0.05) is 0 Å². The van der Waals surface area contributed by atoms with Crippen molar-refractivity contribution < 1.29 is 19.7 Å². The molecule has 0 saturated heterocycles. The Balaban J connectivity index is 0.00000277. The molecule has 140 valence electrons. The minimum Gasteiger partial charge on any atom is -0.509 e. The average molecular weight is 348 g/mol. The molecule has 1 saturated carbocycles. The maximum atomic E-state index is 12.0. The van der Waals surface area contributed by atoms with Crippen molar-refractivity contribution in [3.63, 3.8) is 0 Å². The number of aliphatic hydroxyl groups excluding tert-OH is 2. The van der Waals surface area contributed by atoms with Crippen LogP contribution in [0.4, 0.5) is 0 Å². The molecule has 0 unspecified atom stereocenters. The summed E-state index contributed by atoms with van der Waals surface area (Å²) in [5.74, 6) is 0.133. The summed E-state index contributed by atoms with van der Waals surface area (Å²) < 4.78 is 5.35. The van der Waals surface area contributed by atoms with Gasteiger partial charge in [-0.3, -0.25) is 4.79 Å². The maximum absolute atomic E-state index is 12.0. The van der Waals surface area contributed by atoms with Crippen molar-refractivity contribution in [2.24, 2.45) is 5.92 Å². The van der Waals surface area contributed by atoms with Crippen molar-refractivity contribution in [2.75, 3.05) is 0 Å². The zero-order chi connectivity index (χ0) is 19.4. The Kier molecular flexibility index (Phi) is 11.3. The predicted octanol–water partition coefficient (Wildman–Crippen LogP) is 5.14. The second kappa shape index (κ2) is 12.3. The van der Waals surface area contributed by atoms with Gasteiger partial charge in [-0.05, 0) is 62.8 Å². The zero-order valence-electron chi connectivity index (χ0n) is 15.9. The summed E-state index contributed by atoms with van der Waals surface area (Å²) in [6.45, 7) is 14.8. The standard InChI is InChI=1S/C19H26O4.C2H6/c1-13(5-7-15(3)20)14(2)6-8-16(4)23-19(22)17-9-11-18(21)12-10-17;1-2/h5-8,17-18,20-21H,1,3,9-12H2,2,4H3;1-2H3/b7-5-,14-6+,16-8+;. The van der Waals surface area contributed by atoms with Crippen LogP contribution >= 0.6 is 0 Å². The molecular weight excluding hydrogens is 316 g/mol. The molecule has 1 aliphatic rings. The number of aliphatic hydroxyl groups is 2. The van der Waals surface area contributed by atoms with Crippen LogP contribution < -0.4 is 0 Å². The molecule has 25 heavy (non-hydrogen) atoms. The summed E-state index contributed by atoms with van der Waals surface area (Å²) in [7, 11) is 0. The number of rotatable bonds is 6. The Morgan fingerprint density at radius 2 is 1.60 bits per heavy atom. The van der Waals surface area contributed by atoms with Gasteiger partial charge in [0.05, 0.1) is 12.0 Å². The Morgan fingerprint density at radius 3 is 2.12 bits per heavy atom. The number of allylic oxidation sites excluding steroid dienone is 7. The van der Waals surface area contributed by atoms with E-state index in [2.05, 4.69) is 13.2 Å². The molecule has 0 spiro atoms. The number of carbonyl (C=O) groups is 1. The van der Waals surface area contributed by atoms with Crippen LogP contribution in [0.25, 0.3) is 0 Å². The summed E-state index contributed by atoms with van der Waals surface area (Å²) in [4.78, 5) is 12.0. The number of hydrogen-bond donors (Lipinski definition) is 2. The van der Waals surface area contributed by atoms with Crippen LogP contribution in [-0.2, 0) is 9.53 Å². The lowest BCUT2D eigenvalue weighted by Gasteiger charge is -2.23. The number of ether oxygens (including phenoxy) is 1. The van der Waals surface area contributed by atoms with Crippen LogP contribution in [0.1, 0.15) is 53.4 Å². The third-order valence-corrected chi connectivity index (χ3v) is 3.84. The first-order valence-corrected chi connectivity index (χ1v) is 8.79. The van der Waals surface area contributed by atoms with E-state index in [1.54, 1.807) is 25.2 Å². The van der Waals surface area contributed by atoms with Crippen molar-refractivity contribution in [3.8, 4) is 0 Å². The molecule has 0 aromatic rings. The first kappa shape index (κ1) is 22.9. The minimum atomic E-state index is -0.282. The van der Waals surface area contributed by atoms with E-state index in [-0.39, 0.29) is 23.8 Å². The number of hydrogen-bond acceptors (Lipinski definition) is 4. The fourth-order valence-electron chi connectivity index (χ4n) is 2.27. The molecule has 0 bridgehead atoms. The molecular formula is C21H32O4. The van der Waals surface area contributed by atoms with Crippen molar-refractivity contribution in [1.82, 2.24) is 0 Å². The molecule has 4 nitrogen and oxygen atoms in total. The highest BCUT2D eigenvalue weighted by Gasteiger charge is 2.26. The van der Waals surface area contributed by atoms with Gasteiger partial charge in [0.1, 0.15) is 11.5 Å². The molecule has 1 aliphatic carbocycles. The molecule has 0 radical (unpaired) electrons. The summed E-state index contributed by atoms with van der Waals surface area (Å²) in [5.41, 5.74) is 1.62. The van der Waals surface area contributed by atoms with Gasteiger partial charge in [-0.25, -0.2) is 0 Å². The van der Waals surface area contributed by atoms with E-state index < -0.39 is 0 Å². The summed E-state index contributed by atoms with van der Waals surface area (Å²) in [5, 5.41) is 18.5. The maximum Gasteiger partial charge on any atom is 0.313 e. The largest absolute Gasteiger partial charge is 0.509 e. The Morgan fingerprint density at radius 1 is 1.04 bits per heavy atom. The van der Waals surface area contributed by atoms with Gasteiger partial charge in [0.15, 0.2) is 0 Å². The molecule has 2 N–H and O–H groups in total. The Bertz CT molecular complexity index is 544. The zero-order valence-corrected chi connectivity index (χ0v) is 15.9. The van der Waals surface area contributed by atoms with Gasteiger partial charge >= 0.3 is 5.97 Å². The van der Waals surface area contributed by atoms with Crippen molar-refractivity contribution in [3.05, 3.63) is 60.1 Å². The van der Waals surface area contributed by atoms with E-state index in [0.29, 0.717) is 31.4 Å². The smallest absolute Gasteiger partial charge is 0.313 e. The Labute approximate surface area is 151 Å². The highest BCUT2D eigenvalue weighted by Crippen LogP contribution is 2.25. The normalized spacial score (nSPS) is 21.3. The van der Waals surface area contributed by atoms with Crippen molar-refractivity contribution in [1.29, 1.82) is 0 Å². The van der Waals surface area contributed by atoms with Gasteiger partial charge in [-0.1, -0.05) is 39.2 Å². The first-order valence-electron chi connectivity index (χ1n) is 8.79. The van der Waals surface area contributed by atoms with Crippen LogP contribution in [0, 0.1) is 5.92 Å². The second-order valence-corrected chi connectivity index (χ2v) is 5.90. The van der Waals surface area contributed by atoms with Gasteiger partial charge < -0.3 is 14.9 Å². The first-order chi connectivity index (χ1) is 11.8. The van der Waals surface area contributed by atoms with Crippen molar-refractivity contribution >= 4 is 5.97 Å². The van der Waals surface area contributed by atoms with E-state index in [9.17, 15) is 9.90 Å². The van der Waals surface area contributed by atoms with E-state index in [4.69, 9.17) is 9.84 Å². The molecule has 0 amide bonds. The highest BCUT2D eigenvalue weighted by molar-refractivity contribution is 5.73. The molecule has 4 heteroatoms. The molecule has 0 heterocycles. The van der Waals surface area contributed by atoms with Gasteiger partial charge in [-0.2, -0.15) is 0 Å². The summed E-state index contributed by atoms with van der Waals surface area (Å²) in [6, 6.07) is 0. The molecule has 1 fully saturated rings. The molecule has 0 aromatic heterocycles. The molecule has 0 aromatic carbocycles. The van der Waals surface area contributed by atoms with Crippen LogP contribution in [0.15, 0.2) is 60.1 Å². The average Bonchev–Trinajstić information content (AvgIpc) is 2.59. The SMILES string of the molecule is C=C(O)/C=C\C(=C)/C(C)=C/C=C(\C)OC(=O)C1CCC(O)CC1.CC. The third-order valence-electron chi connectivity index (χ3n) is 3.84. The van der Waals surface area contributed by atoms with Crippen LogP contribution in [0.5, 0.6) is 0 Å². The minimum absolute atomic E-state index is 0.0304. The number of esters is 1. The van der Waals surface area contributed by atoms with Crippen LogP contribution in [0.2, 0.25) is 0 Å². The van der Waals surface area contributed by atoms with Gasteiger partial charge in [-0.15, -0.1) is 0 Å². The molecule has 0 aliphatic heterocycles. The predicted molar refractivity (Wildman–Crippen MR) is 103 cm³/mol. The monoisotopic (exact) mass is 348 g/mol. The summed E-state index contributed by atoms with van der Waals surface area (Å²) >= 11 is 0. The summed E-state index contributed by atoms with van der Waals surface area (Å²) in [6.07, 6.45) is 9.04. The number of carbonyl (C=O) groups excluding carboxylic acids is 1. The van der Waals surface area contributed by atoms with Crippen LogP contribution in [-0.4, -0.2) is 22.3 Å². The van der Waals surface area contributed by atoms with E-state index in [1.807, 2.05) is 20.8 Å². The van der Waals surface area contributed by atoms with Crippen LogP contribution in [0.3, 0.4) is 0 Å². The highest BCUT2D eigenvalue weighted by atomic mass is 16.5. The van der Waals surface area contributed by atoms with E-state index >= 15 is 0 Å². The van der Waals surface area contributed by atoms with Gasteiger partial charge in [0.25, 0.3) is 0 Å². The topological polar surface area (TPSA) is 66.8 Å². The lowest BCUT2D eigenvalue weighted by atomic mass is 9.87. The van der Waals surface area contributed by atoms with E-state index in [1.165, 1.54) is 6.08 Å². The lowest BCUT2D eigenvalue weighted by Crippen LogP contribution is -2.25. The van der Waals surface area contributed by atoms with Gasteiger partial charge in [0.2, 0.25) is 0 Å². The van der Waals surface area contributed by atoms with Crippen molar-refractivity contribution in [2.45, 2.75) is 59.5 Å². The Hall–Kier alpha value is -2.07. The second-order valence-electron chi connectivity index (χ2n) is 5.90. The molecule has 0 atom stereocenters. The lowest BCUT2D eigenvalue weighted by molar-refractivity contribution is -0.145. The third kappa shape index (κ3) is 9.72. The quantitative estimate of drug-likeness (QED) is 0.396. The molecule has 1 rings (SSSR count). The fourth-order valence-corrected chi connectivity index (χ4v) is 2.27. The fraction of sp³-hybridized carbons (Fsp3) is 0.476. The van der Waals surface area contributed by atoms with E-state index in [0.717, 1.165) is 11.1 Å².